The molecule has 2 aromatic heterocycles. The van der Waals surface area contributed by atoms with Crippen LogP contribution in [0.15, 0.2) is 29.1 Å². The van der Waals surface area contributed by atoms with Crippen molar-refractivity contribution >= 4 is 16.9 Å². The van der Waals surface area contributed by atoms with E-state index in [1.165, 1.54) is 32.1 Å². The minimum atomic E-state index is -1.82. The highest BCUT2D eigenvalue weighted by molar-refractivity contribution is 5.90. The maximum atomic E-state index is 13.5. The van der Waals surface area contributed by atoms with E-state index in [4.69, 9.17) is 9.72 Å². The number of pyridine rings is 2. The van der Waals surface area contributed by atoms with Crippen LogP contribution in [-0.2, 0) is 34.7 Å². The predicted molar refractivity (Wildman–Crippen MR) is 142 cm³/mol. The van der Waals surface area contributed by atoms with Gasteiger partial charge in [0.25, 0.3) is 5.56 Å². The molecule has 6 heteroatoms. The van der Waals surface area contributed by atoms with E-state index < -0.39 is 11.6 Å². The molecule has 1 fully saturated rings. The standard InChI is InChI=1S/C31H32N2O4/c1-3-21-22-15-20(12-8-11-19-9-6-5-7-10-19)13-14-26(22)32-28-23(21)17-33-27(28)16-25-24(29(33)34)18-37-30(35)31(25,36)4-2/h13-16,19,36H,3-7,9-11,17-18H2,1-2H3/t31-/m0/s1. The molecule has 6 rings (SSSR count). The Kier molecular flexibility index (Phi) is 5.92. The lowest BCUT2D eigenvalue weighted by atomic mass is 9.86. The highest BCUT2D eigenvalue weighted by Crippen LogP contribution is 2.40. The fourth-order valence-corrected chi connectivity index (χ4v) is 6.33. The Morgan fingerprint density at radius 3 is 2.70 bits per heavy atom. The first kappa shape index (κ1) is 23.9. The Balaban J connectivity index is 1.43. The van der Waals surface area contributed by atoms with Crippen molar-refractivity contribution in [3.05, 3.63) is 62.4 Å². The summed E-state index contributed by atoms with van der Waals surface area (Å²) in [5.41, 5.74) is 4.07. The second kappa shape index (κ2) is 9.15. The van der Waals surface area contributed by atoms with Gasteiger partial charge in [0.1, 0.15) is 6.61 Å². The van der Waals surface area contributed by atoms with E-state index in [0.29, 0.717) is 23.4 Å². The number of aromatic nitrogens is 2. The number of ether oxygens (including phenoxy) is 1. The Hall–Kier alpha value is -3.43. The predicted octanol–water partition coefficient (Wildman–Crippen LogP) is 4.96. The lowest BCUT2D eigenvalue weighted by molar-refractivity contribution is -0.172. The van der Waals surface area contributed by atoms with Crippen LogP contribution in [0.25, 0.3) is 22.3 Å². The average Bonchev–Trinajstić information content (AvgIpc) is 3.29. The maximum Gasteiger partial charge on any atom is 0.343 e. The average molecular weight is 497 g/mol. The molecule has 0 spiro atoms. The van der Waals surface area contributed by atoms with Crippen molar-refractivity contribution in [3.63, 3.8) is 0 Å². The Morgan fingerprint density at radius 2 is 1.95 bits per heavy atom. The van der Waals surface area contributed by atoms with E-state index in [1.54, 1.807) is 17.6 Å². The second-order valence-electron chi connectivity index (χ2n) is 10.6. The molecule has 37 heavy (non-hydrogen) atoms. The third-order valence-electron chi connectivity index (χ3n) is 8.51. The molecule has 1 saturated carbocycles. The van der Waals surface area contributed by atoms with Crippen LogP contribution in [0.1, 0.15) is 86.6 Å². The number of hydrogen-bond donors (Lipinski definition) is 1. The van der Waals surface area contributed by atoms with Crippen molar-refractivity contribution in [2.75, 3.05) is 0 Å². The van der Waals surface area contributed by atoms with E-state index in [2.05, 4.69) is 24.8 Å². The molecule has 190 valence electrons. The molecular weight excluding hydrogens is 464 g/mol. The highest BCUT2D eigenvalue weighted by Gasteiger charge is 2.45. The van der Waals surface area contributed by atoms with Crippen LogP contribution in [0.5, 0.6) is 0 Å². The number of carbonyl (C=O) groups is 1. The molecule has 4 heterocycles. The summed E-state index contributed by atoms with van der Waals surface area (Å²) >= 11 is 0. The van der Waals surface area contributed by atoms with E-state index >= 15 is 0 Å². The number of rotatable bonds is 3. The summed E-state index contributed by atoms with van der Waals surface area (Å²) in [6.45, 7) is 4.13. The molecule has 0 radical (unpaired) electrons. The fourth-order valence-electron chi connectivity index (χ4n) is 6.33. The van der Waals surface area contributed by atoms with Crippen LogP contribution >= 0.6 is 0 Å². The topological polar surface area (TPSA) is 81.4 Å². The van der Waals surface area contributed by atoms with Crippen LogP contribution in [0, 0.1) is 17.8 Å². The zero-order valence-electron chi connectivity index (χ0n) is 21.5. The third kappa shape index (κ3) is 3.79. The number of hydrogen-bond acceptors (Lipinski definition) is 5. The first-order chi connectivity index (χ1) is 17.9. The summed E-state index contributed by atoms with van der Waals surface area (Å²) < 4.78 is 6.89. The summed E-state index contributed by atoms with van der Waals surface area (Å²) in [7, 11) is 0. The lowest BCUT2D eigenvalue weighted by Crippen LogP contribution is -2.44. The SMILES string of the molecule is CCc1c2c(nc3ccc(C#CCC4CCCCC4)cc13)-c1cc3c(c(=O)n1C2)COC(=O)[C@]3(O)CC. The number of aryl methyl sites for hydroxylation is 1. The van der Waals surface area contributed by atoms with Crippen molar-refractivity contribution in [1.82, 2.24) is 9.55 Å². The van der Waals surface area contributed by atoms with Crippen LogP contribution in [0.2, 0.25) is 0 Å². The molecule has 6 nitrogen and oxygen atoms in total. The Bertz CT molecular complexity index is 1550. The largest absolute Gasteiger partial charge is 0.458 e. The number of cyclic esters (lactones) is 1. The monoisotopic (exact) mass is 496 g/mol. The van der Waals surface area contributed by atoms with Crippen molar-refractivity contribution in [3.8, 4) is 23.2 Å². The van der Waals surface area contributed by atoms with Crippen LogP contribution in [0.3, 0.4) is 0 Å². The van der Waals surface area contributed by atoms with Gasteiger partial charge in [-0.15, -0.1) is 0 Å². The van der Waals surface area contributed by atoms with Gasteiger partial charge in [0, 0.05) is 28.5 Å². The molecule has 1 N–H and O–H groups in total. The molecule has 0 bridgehead atoms. The molecule has 2 aliphatic heterocycles. The van der Waals surface area contributed by atoms with E-state index in [-0.39, 0.29) is 18.6 Å². The molecule has 1 aliphatic carbocycles. The van der Waals surface area contributed by atoms with E-state index in [9.17, 15) is 14.7 Å². The summed E-state index contributed by atoms with van der Waals surface area (Å²) in [4.78, 5) is 30.9. The number of benzene rings is 1. The normalized spacial score (nSPS) is 20.6. The molecule has 0 saturated heterocycles. The van der Waals surface area contributed by atoms with Crippen LogP contribution < -0.4 is 5.56 Å². The van der Waals surface area contributed by atoms with Gasteiger partial charge in [0.2, 0.25) is 0 Å². The Labute approximate surface area is 216 Å². The van der Waals surface area contributed by atoms with E-state index in [1.807, 2.05) is 12.1 Å². The van der Waals surface area contributed by atoms with Crippen molar-refractivity contribution in [2.24, 2.45) is 5.92 Å². The van der Waals surface area contributed by atoms with E-state index in [0.717, 1.165) is 52.0 Å². The minimum Gasteiger partial charge on any atom is -0.458 e. The number of aliphatic hydroxyl groups is 1. The highest BCUT2D eigenvalue weighted by atomic mass is 16.6. The third-order valence-corrected chi connectivity index (χ3v) is 8.51. The molecule has 1 aromatic carbocycles. The van der Waals surface area contributed by atoms with Crippen molar-refractivity contribution in [1.29, 1.82) is 0 Å². The molecule has 3 aliphatic rings. The van der Waals surface area contributed by atoms with Crippen LogP contribution in [0.4, 0.5) is 0 Å². The zero-order valence-corrected chi connectivity index (χ0v) is 21.5. The van der Waals surface area contributed by atoms with Gasteiger partial charge in [-0.1, -0.05) is 45.0 Å². The first-order valence-corrected chi connectivity index (χ1v) is 13.6. The molecule has 0 unspecified atom stereocenters. The number of carbonyl (C=O) groups excluding carboxylic acids is 1. The van der Waals surface area contributed by atoms with Crippen LogP contribution in [-0.4, -0.2) is 20.6 Å². The van der Waals surface area contributed by atoms with Crippen molar-refractivity contribution in [2.45, 2.75) is 84.0 Å². The molecular formula is C31H32N2O4. The molecule has 3 aromatic rings. The number of fused-ring (bicyclic) bond motifs is 5. The van der Waals surface area contributed by atoms with Gasteiger partial charge in [0.15, 0.2) is 5.60 Å². The van der Waals surface area contributed by atoms with Gasteiger partial charge in [0.05, 0.1) is 29.0 Å². The quantitative estimate of drug-likeness (QED) is 0.320. The van der Waals surface area contributed by atoms with Gasteiger partial charge in [-0.2, -0.15) is 0 Å². The summed E-state index contributed by atoms with van der Waals surface area (Å²) in [6.07, 6.45) is 8.48. The smallest absolute Gasteiger partial charge is 0.343 e. The van der Waals surface area contributed by atoms with Gasteiger partial charge < -0.3 is 14.4 Å². The molecule has 0 amide bonds. The van der Waals surface area contributed by atoms with Gasteiger partial charge >= 0.3 is 5.97 Å². The lowest BCUT2D eigenvalue weighted by Gasteiger charge is -2.31. The zero-order chi connectivity index (χ0) is 25.7. The van der Waals surface area contributed by atoms with Gasteiger partial charge in [-0.3, -0.25) is 4.79 Å². The minimum absolute atomic E-state index is 0.120. The second-order valence-corrected chi connectivity index (χ2v) is 10.6. The molecule has 1 atom stereocenters. The first-order valence-electron chi connectivity index (χ1n) is 13.6. The summed E-state index contributed by atoms with van der Waals surface area (Å²) in [5, 5.41) is 12.2. The fraction of sp³-hybridized carbons (Fsp3) is 0.452. The summed E-state index contributed by atoms with van der Waals surface area (Å²) in [5.74, 6) is 6.82. The van der Waals surface area contributed by atoms with Gasteiger partial charge in [-0.25, -0.2) is 9.78 Å². The van der Waals surface area contributed by atoms with Gasteiger partial charge in [-0.05, 0) is 61.4 Å². The maximum absolute atomic E-state index is 13.5. The number of nitrogens with zero attached hydrogens (tertiary/aromatic N) is 2. The van der Waals surface area contributed by atoms with Crippen molar-refractivity contribution < 1.29 is 14.6 Å². The Morgan fingerprint density at radius 1 is 1.14 bits per heavy atom. The summed E-state index contributed by atoms with van der Waals surface area (Å²) in [6, 6.07) is 7.94. The number of esters is 1.